The topological polar surface area (TPSA) is 66.5 Å². The molecule has 1 saturated heterocycles. The number of halogens is 1. The molecular weight excluding hydrogens is 404 g/mol. The number of hydrogen-bond donors (Lipinski definition) is 1. The Labute approximate surface area is 169 Å². The maximum absolute atomic E-state index is 13.2. The van der Waals surface area contributed by atoms with Crippen LogP contribution in [0.1, 0.15) is 30.2 Å². The molecule has 0 unspecified atom stereocenters. The molecule has 0 spiro atoms. The number of nitrogens with one attached hydrogen (secondary N) is 1. The van der Waals surface area contributed by atoms with Crippen LogP contribution in [-0.4, -0.2) is 37.5 Å². The second-order valence-corrected chi connectivity index (χ2v) is 10.7. The van der Waals surface area contributed by atoms with Crippen LogP contribution in [-0.2, 0) is 26.8 Å². The first kappa shape index (κ1) is 20.3. The van der Waals surface area contributed by atoms with Gasteiger partial charge in [-0.25, -0.2) is 12.7 Å². The molecule has 1 fully saturated rings. The maximum atomic E-state index is 13.2. The number of hydrogen-bond acceptors (Lipinski definition) is 4. The SMILES string of the molecule is CCS(=O)(=O)N1CCC(C(=O)NCc2ccc(Cl)s2)(c2ccccc2)CC1. The Hall–Kier alpha value is -1.41. The fourth-order valence-corrected chi connectivity index (χ4v) is 5.65. The minimum Gasteiger partial charge on any atom is -0.350 e. The summed E-state index contributed by atoms with van der Waals surface area (Å²) in [4.78, 5) is 14.2. The van der Waals surface area contributed by atoms with E-state index in [1.54, 1.807) is 6.92 Å². The number of rotatable bonds is 6. The van der Waals surface area contributed by atoms with Gasteiger partial charge in [-0.1, -0.05) is 41.9 Å². The Balaban J connectivity index is 1.81. The van der Waals surface area contributed by atoms with Crippen LogP contribution in [0.4, 0.5) is 0 Å². The van der Waals surface area contributed by atoms with Crippen LogP contribution in [0, 0.1) is 0 Å². The van der Waals surface area contributed by atoms with Gasteiger partial charge in [-0.2, -0.15) is 0 Å². The van der Waals surface area contributed by atoms with Crippen LogP contribution >= 0.6 is 22.9 Å². The summed E-state index contributed by atoms with van der Waals surface area (Å²) in [6.07, 6.45) is 0.931. The van der Waals surface area contributed by atoms with Gasteiger partial charge in [0.15, 0.2) is 0 Å². The standard InChI is InChI=1S/C19H23ClN2O3S2/c1-2-27(24,25)22-12-10-19(11-13-22,15-6-4-3-5-7-15)18(23)21-14-16-8-9-17(20)26-16/h3-9H,2,10-14H2,1H3,(H,21,23). The first-order valence-corrected chi connectivity index (χ1v) is 11.7. The zero-order valence-corrected chi connectivity index (χ0v) is 17.5. The van der Waals surface area contributed by atoms with Crippen molar-refractivity contribution in [1.29, 1.82) is 0 Å². The monoisotopic (exact) mass is 426 g/mol. The summed E-state index contributed by atoms with van der Waals surface area (Å²) in [7, 11) is -3.24. The molecule has 146 valence electrons. The van der Waals surface area contributed by atoms with Crippen LogP contribution in [0.25, 0.3) is 0 Å². The van der Waals surface area contributed by atoms with E-state index in [4.69, 9.17) is 11.6 Å². The molecule has 0 aliphatic carbocycles. The van der Waals surface area contributed by atoms with E-state index in [0.29, 0.717) is 36.8 Å². The Bertz CT molecular complexity index is 889. The molecule has 1 aliphatic rings. The number of benzene rings is 1. The van der Waals surface area contributed by atoms with Crippen LogP contribution in [0.2, 0.25) is 4.34 Å². The molecule has 1 amide bonds. The third-order valence-electron chi connectivity index (χ3n) is 5.15. The largest absolute Gasteiger partial charge is 0.350 e. The summed E-state index contributed by atoms with van der Waals surface area (Å²) in [5, 5.41) is 3.03. The van der Waals surface area contributed by atoms with Crippen molar-refractivity contribution >= 4 is 38.9 Å². The molecule has 3 rings (SSSR count). The first-order chi connectivity index (χ1) is 12.9. The van der Waals surface area contributed by atoms with Crippen LogP contribution in [0.5, 0.6) is 0 Å². The van der Waals surface area contributed by atoms with Gasteiger partial charge < -0.3 is 5.32 Å². The molecule has 5 nitrogen and oxygen atoms in total. The van der Waals surface area contributed by atoms with Crippen LogP contribution in [0.15, 0.2) is 42.5 Å². The van der Waals surface area contributed by atoms with Gasteiger partial charge in [-0.3, -0.25) is 4.79 Å². The number of nitrogens with zero attached hydrogens (tertiary/aromatic N) is 1. The Morgan fingerprint density at radius 3 is 2.41 bits per heavy atom. The molecular formula is C19H23ClN2O3S2. The molecule has 2 aromatic rings. The highest BCUT2D eigenvalue weighted by atomic mass is 35.5. The minimum atomic E-state index is -3.24. The number of thiophene rings is 1. The smallest absolute Gasteiger partial charge is 0.231 e. The van der Waals surface area contributed by atoms with Crippen molar-refractivity contribution in [3.8, 4) is 0 Å². The summed E-state index contributed by atoms with van der Waals surface area (Å²) in [6, 6.07) is 13.4. The molecule has 27 heavy (non-hydrogen) atoms. The van der Waals surface area contributed by atoms with E-state index in [1.165, 1.54) is 15.6 Å². The Kier molecular flexibility index (Phi) is 6.25. The van der Waals surface area contributed by atoms with E-state index < -0.39 is 15.4 Å². The van der Waals surface area contributed by atoms with Gasteiger partial charge in [0.1, 0.15) is 0 Å². The highest BCUT2D eigenvalue weighted by molar-refractivity contribution is 7.89. The van der Waals surface area contributed by atoms with Crippen molar-refractivity contribution in [2.45, 2.75) is 31.7 Å². The normalized spacial score (nSPS) is 17.6. The molecule has 1 aromatic carbocycles. The van der Waals surface area contributed by atoms with Crippen molar-refractivity contribution in [2.24, 2.45) is 0 Å². The Morgan fingerprint density at radius 1 is 1.19 bits per heavy atom. The molecule has 2 heterocycles. The number of carbonyl (C=O) groups is 1. The minimum absolute atomic E-state index is 0.0632. The highest BCUT2D eigenvalue weighted by Gasteiger charge is 2.44. The second kappa shape index (κ2) is 8.31. The fraction of sp³-hybridized carbons (Fsp3) is 0.421. The van der Waals surface area contributed by atoms with Gasteiger partial charge in [0.25, 0.3) is 0 Å². The molecule has 1 aliphatic heterocycles. The third-order valence-corrected chi connectivity index (χ3v) is 8.26. The van der Waals surface area contributed by atoms with E-state index in [1.807, 2.05) is 42.5 Å². The molecule has 0 radical (unpaired) electrons. The molecule has 8 heteroatoms. The predicted octanol–water partition coefficient (Wildman–Crippen LogP) is 3.40. The van der Waals surface area contributed by atoms with Gasteiger partial charge in [0.05, 0.1) is 22.0 Å². The quantitative estimate of drug-likeness (QED) is 0.769. The molecule has 0 saturated carbocycles. The second-order valence-electron chi connectivity index (χ2n) is 6.64. The Morgan fingerprint density at radius 2 is 1.85 bits per heavy atom. The van der Waals surface area contributed by atoms with Crippen LogP contribution in [0.3, 0.4) is 0 Å². The highest BCUT2D eigenvalue weighted by Crippen LogP contribution is 2.37. The van der Waals surface area contributed by atoms with Crippen molar-refractivity contribution in [2.75, 3.05) is 18.8 Å². The number of sulfonamides is 1. The number of piperidine rings is 1. The average molecular weight is 427 g/mol. The lowest BCUT2D eigenvalue weighted by molar-refractivity contribution is -0.128. The molecule has 1 aromatic heterocycles. The number of amides is 1. The maximum Gasteiger partial charge on any atom is 0.231 e. The van der Waals surface area contributed by atoms with Gasteiger partial charge in [-0.15, -0.1) is 11.3 Å². The summed E-state index contributed by atoms with van der Waals surface area (Å²) in [6.45, 7) is 2.77. The number of carbonyl (C=O) groups excluding carboxylic acids is 1. The average Bonchev–Trinajstić information content (AvgIpc) is 3.12. The molecule has 0 atom stereocenters. The van der Waals surface area contributed by atoms with E-state index in [0.717, 1.165) is 10.4 Å². The van der Waals surface area contributed by atoms with Crippen LogP contribution < -0.4 is 5.32 Å². The van der Waals surface area contributed by atoms with Crippen molar-refractivity contribution in [3.63, 3.8) is 0 Å². The lowest BCUT2D eigenvalue weighted by atomic mass is 9.72. The van der Waals surface area contributed by atoms with E-state index >= 15 is 0 Å². The van der Waals surface area contributed by atoms with Crippen molar-refractivity contribution < 1.29 is 13.2 Å². The first-order valence-electron chi connectivity index (χ1n) is 8.93. The lowest BCUT2D eigenvalue weighted by Gasteiger charge is -2.40. The summed E-state index contributed by atoms with van der Waals surface area (Å²) >= 11 is 7.40. The summed E-state index contributed by atoms with van der Waals surface area (Å²) < 4.78 is 26.6. The molecule has 1 N–H and O–H groups in total. The van der Waals surface area contributed by atoms with Gasteiger partial charge in [-0.05, 0) is 37.5 Å². The summed E-state index contributed by atoms with van der Waals surface area (Å²) in [5.41, 5.74) is 0.211. The third kappa shape index (κ3) is 4.37. The van der Waals surface area contributed by atoms with E-state index in [9.17, 15) is 13.2 Å². The van der Waals surface area contributed by atoms with Gasteiger partial charge >= 0.3 is 0 Å². The molecule has 0 bridgehead atoms. The van der Waals surface area contributed by atoms with Gasteiger partial charge in [0, 0.05) is 18.0 Å². The lowest BCUT2D eigenvalue weighted by Crippen LogP contribution is -2.52. The summed E-state index contributed by atoms with van der Waals surface area (Å²) in [5.74, 6) is 0.0169. The van der Waals surface area contributed by atoms with Gasteiger partial charge in [0.2, 0.25) is 15.9 Å². The van der Waals surface area contributed by atoms with E-state index in [2.05, 4.69) is 5.32 Å². The zero-order chi connectivity index (χ0) is 19.5. The van der Waals surface area contributed by atoms with E-state index in [-0.39, 0.29) is 11.7 Å². The fourth-order valence-electron chi connectivity index (χ4n) is 3.52. The predicted molar refractivity (Wildman–Crippen MR) is 110 cm³/mol. The zero-order valence-electron chi connectivity index (χ0n) is 15.2. The van der Waals surface area contributed by atoms with Crippen molar-refractivity contribution in [3.05, 3.63) is 57.2 Å². The van der Waals surface area contributed by atoms with Crippen molar-refractivity contribution in [1.82, 2.24) is 9.62 Å².